The fourth-order valence-corrected chi connectivity index (χ4v) is 4.77. The molecular formula is C30H36N2O5. The Labute approximate surface area is 218 Å². The molecule has 0 unspecified atom stereocenters. The standard InChI is InChI=1S/C30H36N2O5/c1-30(2,3)37-29(34)32-16-8-11-25(32)20-31(19-21-12-13-22-9-6-7-10-23(22)17-21)28(33)24-14-15-26(35-4)27(18-24)36-5/h6-7,9-10,12-15,17-18,25H,8,11,16,19-20H2,1-5H3/t25-/m0/s1. The topological polar surface area (TPSA) is 68.3 Å². The average molecular weight is 505 g/mol. The molecule has 0 saturated carbocycles. The highest BCUT2D eigenvalue weighted by Gasteiger charge is 2.34. The Kier molecular flexibility index (Phi) is 7.91. The predicted molar refractivity (Wildman–Crippen MR) is 144 cm³/mol. The third kappa shape index (κ3) is 6.34. The lowest BCUT2D eigenvalue weighted by molar-refractivity contribution is 0.0189. The van der Waals surface area contributed by atoms with E-state index in [9.17, 15) is 9.59 Å². The van der Waals surface area contributed by atoms with E-state index in [1.807, 2.05) is 37.8 Å². The highest BCUT2D eigenvalue weighted by molar-refractivity contribution is 5.95. The van der Waals surface area contributed by atoms with Gasteiger partial charge in [-0.2, -0.15) is 0 Å². The van der Waals surface area contributed by atoms with Gasteiger partial charge in [-0.15, -0.1) is 0 Å². The minimum Gasteiger partial charge on any atom is -0.493 e. The van der Waals surface area contributed by atoms with Crippen LogP contribution in [-0.2, 0) is 11.3 Å². The van der Waals surface area contributed by atoms with E-state index < -0.39 is 5.60 Å². The van der Waals surface area contributed by atoms with Gasteiger partial charge in [-0.1, -0.05) is 36.4 Å². The first kappa shape index (κ1) is 26.3. The molecule has 4 rings (SSSR count). The smallest absolute Gasteiger partial charge is 0.410 e. The summed E-state index contributed by atoms with van der Waals surface area (Å²) in [5.41, 5.74) is 0.944. The van der Waals surface area contributed by atoms with Crippen LogP contribution >= 0.6 is 0 Å². The maximum atomic E-state index is 13.9. The highest BCUT2D eigenvalue weighted by atomic mass is 16.6. The van der Waals surface area contributed by atoms with Crippen LogP contribution in [0, 0.1) is 0 Å². The van der Waals surface area contributed by atoms with E-state index in [0.717, 1.165) is 29.2 Å². The van der Waals surface area contributed by atoms with E-state index >= 15 is 0 Å². The molecule has 1 saturated heterocycles. The minimum atomic E-state index is -0.579. The molecule has 1 heterocycles. The van der Waals surface area contributed by atoms with Crippen molar-refractivity contribution in [3.63, 3.8) is 0 Å². The summed E-state index contributed by atoms with van der Waals surface area (Å²) in [5, 5.41) is 2.27. The van der Waals surface area contributed by atoms with Crippen LogP contribution < -0.4 is 9.47 Å². The van der Waals surface area contributed by atoms with E-state index in [4.69, 9.17) is 14.2 Å². The average Bonchev–Trinajstić information content (AvgIpc) is 3.35. The number of hydrogen-bond acceptors (Lipinski definition) is 5. The Bertz CT molecular complexity index is 1270. The largest absolute Gasteiger partial charge is 0.493 e. The Morgan fingerprint density at radius 1 is 0.946 bits per heavy atom. The van der Waals surface area contributed by atoms with Crippen molar-refractivity contribution in [2.24, 2.45) is 0 Å². The van der Waals surface area contributed by atoms with Crippen LogP contribution in [0.2, 0.25) is 0 Å². The van der Waals surface area contributed by atoms with Crippen LogP contribution in [0.15, 0.2) is 60.7 Å². The van der Waals surface area contributed by atoms with E-state index in [1.54, 1.807) is 37.3 Å². The third-order valence-electron chi connectivity index (χ3n) is 6.54. The molecule has 0 aromatic heterocycles. The molecule has 7 heteroatoms. The summed E-state index contributed by atoms with van der Waals surface area (Å²) in [4.78, 5) is 30.4. The molecule has 0 bridgehead atoms. The zero-order chi connectivity index (χ0) is 26.6. The molecule has 7 nitrogen and oxygen atoms in total. The number of carbonyl (C=O) groups excluding carboxylic acids is 2. The van der Waals surface area contributed by atoms with E-state index in [0.29, 0.717) is 36.7 Å². The summed E-state index contributed by atoms with van der Waals surface area (Å²) in [7, 11) is 3.12. The third-order valence-corrected chi connectivity index (χ3v) is 6.54. The van der Waals surface area contributed by atoms with Gasteiger partial charge in [-0.25, -0.2) is 4.79 Å². The lowest BCUT2D eigenvalue weighted by Crippen LogP contribution is -2.46. The van der Waals surface area contributed by atoms with Gasteiger partial charge in [0.15, 0.2) is 11.5 Å². The van der Waals surface area contributed by atoms with Crippen molar-refractivity contribution >= 4 is 22.8 Å². The summed E-state index contributed by atoms with van der Waals surface area (Å²) in [6.07, 6.45) is 1.35. The molecular weight excluding hydrogens is 468 g/mol. The Morgan fingerprint density at radius 2 is 1.68 bits per heavy atom. The van der Waals surface area contributed by atoms with Crippen LogP contribution in [0.1, 0.15) is 49.5 Å². The molecule has 0 N–H and O–H groups in total. The monoisotopic (exact) mass is 504 g/mol. The fraction of sp³-hybridized carbons (Fsp3) is 0.400. The Balaban J connectivity index is 1.63. The van der Waals surface area contributed by atoms with Gasteiger partial charge < -0.3 is 24.0 Å². The first-order chi connectivity index (χ1) is 17.7. The number of nitrogens with zero attached hydrogens (tertiary/aromatic N) is 2. The summed E-state index contributed by atoms with van der Waals surface area (Å²) in [6, 6.07) is 19.5. The molecule has 3 aromatic carbocycles. The molecule has 37 heavy (non-hydrogen) atoms. The fourth-order valence-electron chi connectivity index (χ4n) is 4.77. The Hall–Kier alpha value is -3.74. The molecule has 1 atom stereocenters. The van der Waals surface area contributed by atoms with Gasteiger partial charge in [0.25, 0.3) is 5.91 Å². The number of ether oxygens (including phenoxy) is 3. The van der Waals surface area contributed by atoms with Crippen molar-refractivity contribution < 1.29 is 23.8 Å². The van der Waals surface area contributed by atoms with Gasteiger partial charge in [0.1, 0.15) is 5.60 Å². The van der Waals surface area contributed by atoms with Gasteiger partial charge in [0.05, 0.1) is 20.3 Å². The van der Waals surface area contributed by atoms with Crippen LogP contribution in [0.4, 0.5) is 4.79 Å². The van der Waals surface area contributed by atoms with E-state index in [1.165, 1.54) is 0 Å². The van der Waals surface area contributed by atoms with Crippen molar-refractivity contribution in [2.75, 3.05) is 27.3 Å². The number of benzene rings is 3. The molecule has 0 aliphatic carbocycles. The van der Waals surface area contributed by atoms with Gasteiger partial charge in [-0.3, -0.25) is 4.79 Å². The van der Waals surface area contributed by atoms with Crippen molar-refractivity contribution in [1.29, 1.82) is 0 Å². The number of rotatable bonds is 7. The highest BCUT2D eigenvalue weighted by Crippen LogP contribution is 2.29. The second kappa shape index (κ2) is 11.1. The van der Waals surface area contributed by atoms with Crippen molar-refractivity contribution in [3.05, 3.63) is 71.8 Å². The van der Waals surface area contributed by atoms with Crippen molar-refractivity contribution in [3.8, 4) is 11.5 Å². The molecule has 2 amide bonds. The van der Waals surface area contributed by atoms with E-state index in [2.05, 4.69) is 30.3 Å². The number of fused-ring (bicyclic) bond motifs is 1. The number of amides is 2. The SMILES string of the molecule is COc1ccc(C(=O)N(Cc2ccc3ccccc3c2)C[C@@H]2CCCN2C(=O)OC(C)(C)C)cc1OC. The summed E-state index contributed by atoms with van der Waals surface area (Å²) in [5.74, 6) is 0.924. The zero-order valence-corrected chi connectivity index (χ0v) is 22.3. The first-order valence-electron chi connectivity index (χ1n) is 12.7. The first-order valence-corrected chi connectivity index (χ1v) is 12.7. The second-order valence-electron chi connectivity index (χ2n) is 10.4. The maximum Gasteiger partial charge on any atom is 0.410 e. The summed E-state index contributed by atoms with van der Waals surface area (Å²) in [6.45, 7) is 7.03. The normalized spacial score (nSPS) is 15.5. The van der Waals surface area contributed by atoms with Crippen molar-refractivity contribution in [1.82, 2.24) is 9.80 Å². The number of carbonyl (C=O) groups is 2. The lowest BCUT2D eigenvalue weighted by Gasteiger charge is -2.32. The van der Waals surface area contributed by atoms with Gasteiger partial charge in [0, 0.05) is 25.2 Å². The molecule has 1 fully saturated rings. The summed E-state index contributed by atoms with van der Waals surface area (Å²) < 4.78 is 16.4. The number of hydrogen-bond donors (Lipinski definition) is 0. The maximum absolute atomic E-state index is 13.9. The van der Waals surface area contributed by atoms with Crippen LogP contribution in [0.3, 0.4) is 0 Å². The number of likely N-dealkylation sites (tertiary alicyclic amines) is 1. The van der Waals surface area contributed by atoms with Crippen LogP contribution in [-0.4, -0.2) is 60.8 Å². The van der Waals surface area contributed by atoms with Gasteiger partial charge in [-0.05, 0) is 74.2 Å². The van der Waals surface area contributed by atoms with Crippen molar-refractivity contribution in [2.45, 2.75) is 51.8 Å². The molecule has 1 aliphatic heterocycles. The lowest BCUT2D eigenvalue weighted by atomic mass is 10.1. The van der Waals surface area contributed by atoms with Crippen LogP contribution in [0.25, 0.3) is 10.8 Å². The number of methoxy groups -OCH3 is 2. The molecule has 1 aliphatic rings. The second-order valence-corrected chi connectivity index (χ2v) is 10.4. The van der Waals surface area contributed by atoms with Crippen LogP contribution in [0.5, 0.6) is 11.5 Å². The molecule has 0 radical (unpaired) electrons. The molecule has 3 aromatic rings. The Morgan fingerprint density at radius 3 is 2.38 bits per heavy atom. The minimum absolute atomic E-state index is 0.126. The molecule has 0 spiro atoms. The quantitative estimate of drug-likeness (QED) is 0.401. The molecule has 196 valence electrons. The zero-order valence-electron chi connectivity index (χ0n) is 22.3. The van der Waals surface area contributed by atoms with Gasteiger partial charge >= 0.3 is 6.09 Å². The van der Waals surface area contributed by atoms with E-state index in [-0.39, 0.29) is 18.0 Å². The predicted octanol–water partition coefficient (Wildman–Crippen LogP) is 5.90. The summed E-state index contributed by atoms with van der Waals surface area (Å²) >= 11 is 0. The van der Waals surface area contributed by atoms with Gasteiger partial charge in [0.2, 0.25) is 0 Å².